The molecule has 1 aromatic carbocycles. The van der Waals surface area contributed by atoms with Crippen LogP contribution in [0.3, 0.4) is 0 Å². The molecule has 0 aromatic heterocycles. The van der Waals surface area contributed by atoms with E-state index in [2.05, 4.69) is 4.72 Å². The normalized spacial score (nSPS) is 17.6. The summed E-state index contributed by atoms with van der Waals surface area (Å²) < 4.78 is 31.0. The topological polar surface area (TPSA) is 92.8 Å². The van der Waals surface area contributed by atoms with Crippen molar-refractivity contribution in [2.45, 2.75) is 45.6 Å². The number of benzene rings is 1. The van der Waals surface area contributed by atoms with Gasteiger partial charge in [0.05, 0.1) is 0 Å². The maximum Gasteiger partial charge on any atom is 0.321 e. The van der Waals surface area contributed by atoms with Crippen molar-refractivity contribution < 1.29 is 22.7 Å². The number of rotatable bonds is 8. The maximum atomic E-state index is 12.3. The summed E-state index contributed by atoms with van der Waals surface area (Å²) in [7, 11) is -3.78. The van der Waals surface area contributed by atoms with Crippen molar-refractivity contribution in [3.8, 4) is 0 Å². The molecule has 1 saturated heterocycles. The zero-order chi connectivity index (χ0) is 20.6. The molecule has 0 saturated carbocycles. The zero-order valence-corrected chi connectivity index (χ0v) is 17.2. The smallest absolute Gasteiger partial charge is 0.321 e. The van der Waals surface area contributed by atoms with Gasteiger partial charge in [-0.1, -0.05) is 36.8 Å². The van der Waals surface area contributed by atoms with Gasteiger partial charge in [0.25, 0.3) is 5.91 Å². The summed E-state index contributed by atoms with van der Waals surface area (Å²) >= 11 is 0. The largest absolute Gasteiger partial charge is 0.455 e. The number of sulfonamides is 1. The Morgan fingerprint density at radius 2 is 1.96 bits per heavy atom. The van der Waals surface area contributed by atoms with E-state index < -0.39 is 22.5 Å². The number of esters is 1. The van der Waals surface area contributed by atoms with E-state index in [1.165, 1.54) is 6.08 Å². The molecule has 1 aliphatic heterocycles. The summed E-state index contributed by atoms with van der Waals surface area (Å²) in [4.78, 5) is 25.8. The maximum absolute atomic E-state index is 12.3. The van der Waals surface area contributed by atoms with E-state index in [1.54, 1.807) is 17.0 Å². The quantitative estimate of drug-likeness (QED) is 0.666. The second-order valence-electron chi connectivity index (χ2n) is 6.89. The third kappa shape index (κ3) is 7.09. The van der Waals surface area contributed by atoms with Crippen molar-refractivity contribution in [2.24, 2.45) is 0 Å². The highest BCUT2D eigenvalue weighted by atomic mass is 32.2. The molecular weight excluding hydrogens is 380 g/mol. The summed E-state index contributed by atoms with van der Waals surface area (Å²) in [5.74, 6) is -1.02. The summed E-state index contributed by atoms with van der Waals surface area (Å²) in [6.07, 6.45) is 5.32. The Bertz CT molecular complexity index is 802. The first-order valence-electron chi connectivity index (χ1n) is 9.50. The molecule has 1 amide bonds. The summed E-state index contributed by atoms with van der Waals surface area (Å²) in [6.45, 7) is 3.75. The highest BCUT2D eigenvalue weighted by Gasteiger charge is 2.25. The molecule has 0 unspecified atom stereocenters. The Hall–Kier alpha value is -2.19. The van der Waals surface area contributed by atoms with E-state index in [4.69, 9.17) is 4.74 Å². The Labute approximate surface area is 166 Å². The van der Waals surface area contributed by atoms with Crippen molar-refractivity contribution in [1.29, 1.82) is 0 Å². The van der Waals surface area contributed by atoms with Gasteiger partial charge in [0.2, 0.25) is 10.0 Å². The molecule has 2 rings (SSSR count). The SMILES string of the molecule is CC[C@H]1CCCCN1C(=O)COC(=O)CNS(=O)(=O)/C=C/c1ccc(C)cc1. The lowest BCUT2D eigenvalue weighted by molar-refractivity contribution is -0.152. The van der Waals surface area contributed by atoms with Gasteiger partial charge in [0.1, 0.15) is 6.54 Å². The highest BCUT2D eigenvalue weighted by Crippen LogP contribution is 2.19. The number of hydrogen-bond acceptors (Lipinski definition) is 5. The summed E-state index contributed by atoms with van der Waals surface area (Å²) in [6, 6.07) is 7.53. The number of nitrogens with one attached hydrogen (secondary N) is 1. The van der Waals surface area contributed by atoms with Crippen LogP contribution in [0, 0.1) is 6.92 Å². The number of hydrogen-bond donors (Lipinski definition) is 1. The molecule has 7 nitrogen and oxygen atoms in total. The molecule has 1 aliphatic rings. The van der Waals surface area contributed by atoms with E-state index >= 15 is 0 Å². The first kappa shape index (κ1) is 22.1. The lowest BCUT2D eigenvalue weighted by Crippen LogP contribution is -2.45. The first-order valence-corrected chi connectivity index (χ1v) is 11.0. The van der Waals surface area contributed by atoms with Crippen molar-refractivity contribution in [3.05, 3.63) is 40.8 Å². The molecule has 0 radical (unpaired) electrons. The Morgan fingerprint density at radius 1 is 1.25 bits per heavy atom. The molecule has 0 spiro atoms. The number of piperidine rings is 1. The first-order chi connectivity index (χ1) is 13.3. The second kappa shape index (κ2) is 10.4. The fraction of sp³-hybridized carbons (Fsp3) is 0.500. The minimum Gasteiger partial charge on any atom is -0.455 e. The van der Waals surface area contributed by atoms with Gasteiger partial charge in [-0.05, 0) is 44.2 Å². The third-order valence-corrected chi connectivity index (χ3v) is 5.75. The molecule has 0 bridgehead atoms. The van der Waals surface area contributed by atoms with Gasteiger partial charge >= 0.3 is 5.97 Å². The lowest BCUT2D eigenvalue weighted by Gasteiger charge is -2.35. The van der Waals surface area contributed by atoms with Crippen LogP contribution in [0.4, 0.5) is 0 Å². The second-order valence-corrected chi connectivity index (χ2v) is 8.54. The number of nitrogens with zero attached hydrogens (tertiary/aromatic N) is 1. The zero-order valence-electron chi connectivity index (χ0n) is 16.4. The van der Waals surface area contributed by atoms with Crippen LogP contribution in [-0.2, 0) is 24.3 Å². The van der Waals surface area contributed by atoms with Gasteiger partial charge in [0, 0.05) is 18.0 Å². The van der Waals surface area contributed by atoms with E-state index in [0.717, 1.165) is 42.2 Å². The molecule has 1 N–H and O–H groups in total. The standard InChI is InChI=1S/C20H28N2O5S/c1-3-18-6-4-5-12-22(18)19(23)15-27-20(24)14-21-28(25,26)13-11-17-9-7-16(2)8-10-17/h7-11,13,18,21H,3-6,12,14-15H2,1-2H3/b13-11+/t18-/m0/s1. The average Bonchev–Trinajstić information content (AvgIpc) is 2.70. The number of likely N-dealkylation sites (tertiary alicyclic amines) is 1. The monoisotopic (exact) mass is 408 g/mol. The molecule has 8 heteroatoms. The highest BCUT2D eigenvalue weighted by molar-refractivity contribution is 7.92. The predicted molar refractivity (Wildman–Crippen MR) is 108 cm³/mol. The average molecular weight is 409 g/mol. The van der Waals surface area contributed by atoms with Gasteiger partial charge in [-0.2, -0.15) is 0 Å². The van der Waals surface area contributed by atoms with Crippen molar-refractivity contribution in [3.63, 3.8) is 0 Å². The minimum absolute atomic E-state index is 0.186. The van der Waals surface area contributed by atoms with Crippen LogP contribution in [0.2, 0.25) is 0 Å². The Kier molecular flexibility index (Phi) is 8.19. The van der Waals surface area contributed by atoms with Crippen LogP contribution < -0.4 is 4.72 Å². The van der Waals surface area contributed by atoms with Crippen LogP contribution in [0.15, 0.2) is 29.7 Å². The van der Waals surface area contributed by atoms with Crippen LogP contribution in [-0.4, -0.2) is 50.9 Å². The fourth-order valence-electron chi connectivity index (χ4n) is 3.08. The van der Waals surface area contributed by atoms with Crippen LogP contribution >= 0.6 is 0 Å². The Balaban J connectivity index is 1.77. The number of carbonyl (C=O) groups is 2. The number of carbonyl (C=O) groups excluding carboxylic acids is 2. The Morgan fingerprint density at radius 3 is 2.64 bits per heavy atom. The fourth-order valence-corrected chi connectivity index (χ4v) is 3.83. The number of amides is 1. The molecule has 154 valence electrons. The molecule has 28 heavy (non-hydrogen) atoms. The molecule has 1 aromatic rings. The van der Waals surface area contributed by atoms with Crippen LogP contribution in [0.5, 0.6) is 0 Å². The van der Waals surface area contributed by atoms with Crippen LogP contribution in [0.25, 0.3) is 6.08 Å². The third-order valence-electron chi connectivity index (χ3n) is 4.71. The van der Waals surface area contributed by atoms with Crippen molar-refractivity contribution in [2.75, 3.05) is 19.7 Å². The van der Waals surface area contributed by atoms with Gasteiger partial charge in [-0.25, -0.2) is 13.1 Å². The van der Waals surface area contributed by atoms with Crippen molar-refractivity contribution in [1.82, 2.24) is 9.62 Å². The summed E-state index contributed by atoms with van der Waals surface area (Å²) in [5, 5.41) is 0.996. The van der Waals surface area contributed by atoms with E-state index in [-0.39, 0.29) is 18.6 Å². The number of aryl methyl sites for hydroxylation is 1. The van der Waals surface area contributed by atoms with E-state index in [9.17, 15) is 18.0 Å². The molecular formula is C20H28N2O5S. The van der Waals surface area contributed by atoms with E-state index in [0.29, 0.717) is 6.54 Å². The molecule has 1 atom stereocenters. The molecule has 1 fully saturated rings. The predicted octanol–water partition coefficient (Wildman–Crippen LogP) is 2.22. The molecule has 1 heterocycles. The van der Waals surface area contributed by atoms with Crippen molar-refractivity contribution >= 4 is 28.0 Å². The van der Waals surface area contributed by atoms with E-state index in [1.807, 2.05) is 26.0 Å². The van der Waals surface area contributed by atoms with Gasteiger partial charge in [0.15, 0.2) is 6.61 Å². The number of ether oxygens (including phenoxy) is 1. The van der Waals surface area contributed by atoms with Gasteiger partial charge in [-0.15, -0.1) is 0 Å². The lowest BCUT2D eigenvalue weighted by atomic mass is 10.00. The minimum atomic E-state index is -3.78. The summed E-state index contributed by atoms with van der Waals surface area (Å²) in [5.41, 5.74) is 1.81. The van der Waals surface area contributed by atoms with Crippen LogP contribution in [0.1, 0.15) is 43.7 Å². The van der Waals surface area contributed by atoms with Gasteiger partial charge < -0.3 is 9.64 Å². The van der Waals surface area contributed by atoms with Gasteiger partial charge in [-0.3, -0.25) is 9.59 Å². The molecule has 0 aliphatic carbocycles.